The number of rotatable bonds is 12. The molecule has 4 aromatic carbocycles. The molecule has 2 amide bonds. The molecular weight excluding hydrogens is 622 g/mol. The third-order valence-electron chi connectivity index (χ3n) is 6.31. The van der Waals surface area contributed by atoms with Crippen molar-refractivity contribution in [3.8, 4) is 11.5 Å². The zero-order chi connectivity index (χ0) is 30.1. The molecule has 0 saturated carbocycles. The van der Waals surface area contributed by atoms with Gasteiger partial charge < -0.3 is 20.1 Å². The quantitative estimate of drug-likeness (QED) is 0.216. The molecule has 4 rings (SSSR count). The van der Waals surface area contributed by atoms with E-state index in [0.29, 0.717) is 34.6 Å². The third kappa shape index (κ3) is 7.48. The molecule has 0 bridgehead atoms. The molecule has 0 aliphatic heterocycles. The predicted molar refractivity (Wildman–Crippen MR) is 166 cm³/mol. The minimum atomic E-state index is -4.08. The van der Waals surface area contributed by atoms with E-state index in [-0.39, 0.29) is 22.1 Å². The highest BCUT2D eigenvalue weighted by Crippen LogP contribution is 2.28. The van der Waals surface area contributed by atoms with Crippen molar-refractivity contribution >= 4 is 49.1 Å². The fourth-order valence-corrected chi connectivity index (χ4v) is 6.05. The zero-order valence-electron chi connectivity index (χ0n) is 23.0. The van der Waals surface area contributed by atoms with Crippen LogP contribution in [0.5, 0.6) is 11.5 Å². The predicted octanol–water partition coefficient (Wildman–Crippen LogP) is 5.27. The topological polar surface area (TPSA) is 114 Å². The molecule has 0 atom stereocenters. The van der Waals surface area contributed by atoms with Gasteiger partial charge >= 0.3 is 0 Å². The number of nitrogens with zero attached hydrogens (tertiary/aromatic N) is 1. The van der Waals surface area contributed by atoms with Crippen LogP contribution in [0.1, 0.15) is 15.9 Å². The molecule has 218 valence electrons. The Labute approximate surface area is 253 Å². The molecule has 9 nitrogen and oxygen atoms in total. The zero-order valence-corrected chi connectivity index (χ0v) is 25.4. The Morgan fingerprint density at radius 2 is 1.55 bits per heavy atom. The fraction of sp³-hybridized carbons (Fsp3) is 0.161. The fourth-order valence-electron chi connectivity index (χ4n) is 4.23. The number of anilines is 2. The van der Waals surface area contributed by atoms with Crippen LogP contribution in [0.25, 0.3) is 0 Å². The number of nitrogens with one attached hydrogen (secondary N) is 2. The molecule has 0 aromatic heterocycles. The van der Waals surface area contributed by atoms with Crippen LogP contribution in [0.2, 0.25) is 0 Å². The SMILES string of the molecule is COc1ccc(CCNC(=O)c2ccccc2NC(=O)CN(c2cccc(Br)c2)S(=O)(=O)c2ccccc2)cc1OC. The number of benzene rings is 4. The lowest BCUT2D eigenvalue weighted by Gasteiger charge is -2.24. The second-order valence-corrected chi connectivity index (χ2v) is 11.9. The number of hydrogen-bond donors (Lipinski definition) is 2. The smallest absolute Gasteiger partial charge is 0.264 e. The van der Waals surface area contributed by atoms with Gasteiger partial charge in [0, 0.05) is 11.0 Å². The largest absolute Gasteiger partial charge is 0.493 e. The Morgan fingerprint density at radius 1 is 0.833 bits per heavy atom. The molecular formula is C31H30BrN3O6S. The Morgan fingerprint density at radius 3 is 2.26 bits per heavy atom. The van der Waals surface area contributed by atoms with Crippen molar-refractivity contribution in [3.63, 3.8) is 0 Å². The van der Waals surface area contributed by atoms with E-state index in [0.717, 1.165) is 9.87 Å². The number of carbonyl (C=O) groups is 2. The summed E-state index contributed by atoms with van der Waals surface area (Å²) in [6.07, 6.45) is 0.541. The molecule has 0 unspecified atom stereocenters. The van der Waals surface area contributed by atoms with Gasteiger partial charge in [0.25, 0.3) is 15.9 Å². The van der Waals surface area contributed by atoms with Gasteiger partial charge in [0.15, 0.2) is 11.5 Å². The van der Waals surface area contributed by atoms with Crippen LogP contribution in [-0.2, 0) is 21.2 Å². The Kier molecular flexibility index (Phi) is 10.2. The van der Waals surface area contributed by atoms with Gasteiger partial charge in [-0.15, -0.1) is 0 Å². The van der Waals surface area contributed by atoms with Crippen molar-refractivity contribution in [3.05, 3.63) is 113 Å². The number of para-hydroxylation sites is 1. The van der Waals surface area contributed by atoms with Crippen molar-refractivity contribution in [2.45, 2.75) is 11.3 Å². The first-order valence-electron chi connectivity index (χ1n) is 12.9. The maximum Gasteiger partial charge on any atom is 0.264 e. The first kappa shape index (κ1) is 30.6. The Balaban J connectivity index is 1.48. The van der Waals surface area contributed by atoms with Gasteiger partial charge in [-0.1, -0.05) is 58.4 Å². The summed E-state index contributed by atoms with van der Waals surface area (Å²) in [6.45, 7) is -0.175. The van der Waals surface area contributed by atoms with Crippen molar-refractivity contribution in [2.75, 3.05) is 36.9 Å². The molecule has 0 heterocycles. The highest BCUT2D eigenvalue weighted by atomic mass is 79.9. The number of amides is 2. The maximum absolute atomic E-state index is 13.6. The monoisotopic (exact) mass is 651 g/mol. The van der Waals surface area contributed by atoms with Gasteiger partial charge in [0.2, 0.25) is 5.91 Å². The van der Waals surface area contributed by atoms with Crippen LogP contribution in [0.3, 0.4) is 0 Å². The highest BCUT2D eigenvalue weighted by molar-refractivity contribution is 9.10. The lowest BCUT2D eigenvalue weighted by atomic mass is 10.1. The average Bonchev–Trinajstić information content (AvgIpc) is 3.00. The van der Waals surface area contributed by atoms with E-state index in [1.165, 1.54) is 12.1 Å². The van der Waals surface area contributed by atoms with Crippen LogP contribution >= 0.6 is 15.9 Å². The van der Waals surface area contributed by atoms with E-state index >= 15 is 0 Å². The maximum atomic E-state index is 13.6. The molecule has 2 N–H and O–H groups in total. The van der Waals surface area contributed by atoms with Crippen molar-refractivity contribution in [2.24, 2.45) is 0 Å². The standard InChI is InChI=1S/C31H30BrN3O6S/c1-40-28-16-15-22(19-29(28)41-2)17-18-33-31(37)26-13-6-7-14-27(26)34-30(36)21-35(24-10-8-9-23(32)20-24)42(38,39)25-11-4-3-5-12-25/h3-16,19-20H,17-18,21H2,1-2H3,(H,33,37)(H,34,36). The normalized spacial score (nSPS) is 10.9. The molecule has 0 aliphatic carbocycles. The summed E-state index contributed by atoms with van der Waals surface area (Å²) < 4.78 is 39.4. The minimum absolute atomic E-state index is 0.0482. The van der Waals surface area contributed by atoms with Crippen molar-refractivity contribution < 1.29 is 27.5 Å². The second-order valence-electron chi connectivity index (χ2n) is 9.09. The van der Waals surface area contributed by atoms with E-state index in [9.17, 15) is 18.0 Å². The molecule has 0 spiro atoms. The summed E-state index contributed by atoms with van der Waals surface area (Å²) in [6, 6.07) is 26.7. The lowest BCUT2D eigenvalue weighted by molar-refractivity contribution is -0.114. The summed E-state index contributed by atoms with van der Waals surface area (Å²) in [7, 11) is -0.954. The lowest BCUT2D eigenvalue weighted by Crippen LogP contribution is -2.38. The Bertz CT molecular complexity index is 1660. The van der Waals surface area contributed by atoms with Crippen LogP contribution in [0.4, 0.5) is 11.4 Å². The summed E-state index contributed by atoms with van der Waals surface area (Å²) in [5.41, 5.74) is 1.77. The van der Waals surface area contributed by atoms with E-state index in [2.05, 4.69) is 26.6 Å². The van der Waals surface area contributed by atoms with Gasteiger partial charge in [-0.25, -0.2) is 8.42 Å². The van der Waals surface area contributed by atoms with Gasteiger partial charge in [-0.2, -0.15) is 0 Å². The van der Waals surface area contributed by atoms with Gasteiger partial charge in [0.05, 0.1) is 36.1 Å². The number of sulfonamides is 1. The molecule has 0 radical (unpaired) electrons. The number of ether oxygens (including phenoxy) is 2. The van der Waals surface area contributed by atoms with Gasteiger partial charge in [0.1, 0.15) is 6.54 Å². The van der Waals surface area contributed by atoms with E-state index < -0.39 is 22.5 Å². The van der Waals surface area contributed by atoms with Gasteiger partial charge in [-0.3, -0.25) is 13.9 Å². The molecule has 0 saturated heterocycles. The first-order chi connectivity index (χ1) is 20.2. The molecule has 11 heteroatoms. The van der Waals surface area contributed by atoms with Crippen molar-refractivity contribution in [1.29, 1.82) is 0 Å². The van der Waals surface area contributed by atoms with Crippen LogP contribution in [0, 0.1) is 0 Å². The van der Waals surface area contributed by atoms with Crippen LogP contribution in [0.15, 0.2) is 106 Å². The minimum Gasteiger partial charge on any atom is -0.493 e. The summed E-state index contributed by atoms with van der Waals surface area (Å²) in [5.74, 6) is 0.220. The second kappa shape index (κ2) is 14.0. The first-order valence-corrected chi connectivity index (χ1v) is 15.2. The molecule has 0 aliphatic rings. The molecule has 42 heavy (non-hydrogen) atoms. The molecule has 0 fully saturated rings. The summed E-state index contributed by atoms with van der Waals surface area (Å²) in [4.78, 5) is 26.4. The van der Waals surface area contributed by atoms with Crippen LogP contribution < -0.4 is 24.4 Å². The number of hydrogen-bond acceptors (Lipinski definition) is 6. The highest BCUT2D eigenvalue weighted by Gasteiger charge is 2.27. The third-order valence-corrected chi connectivity index (χ3v) is 8.59. The van der Waals surface area contributed by atoms with Crippen LogP contribution in [-0.4, -0.2) is 47.5 Å². The summed E-state index contributed by atoms with van der Waals surface area (Å²) in [5, 5.41) is 5.59. The van der Waals surface area contributed by atoms with E-state index in [4.69, 9.17) is 9.47 Å². The average molecular weight is 653 g/mol. The van der Waals surface area contributed by atoms with E-state index in [1.54, 1.807) is 87.0 Å². The number of methoxy groups -OCH3 is 2. The van der Waals surface area contributed by atoms with Crippen molar-refractivity contribution in [1.82, 2.24) is 5.32 Å². The summed E-state index contributed by atoms with van der Waals surface area (Å²) >= 11 is 3.37. The molecule has 4 aromatic rings. The number of carbonyl (C=O) groups excluding carboxylic acids is 2. The Hall–Kier alpha value is -4.35. The van der Waals surface area contributed by atoms with Gasteiger partial charge in [-0.05, 0) is 66.6 Å². The number of halogens is 1. The van der Waals surface area contributed by atoms with E-state index in [1.807, 2.05) is 12.1 Å².